The van der Waals surface area contributed by atoms with Crippen LogP contribution in [0, 0.1) is 22.7 Å². The summed E-state index contributed by atoms with van der Waals surface area (Å²) < 4.78 is 4.71. The summed E-state index contributed by atoms with van der Waals surface area (Å²) in [6.45, 7) is 0. The van der Waals surface area contributed by atoms with Gasteiger partial charge in [0.05, 0.1) is 62.4 Å². The number of hydrogen-bond donors (Lipinski definition) is 0. The summed E-state index contributed by atoms with van der Waals surface area (Å²) in [6, 6.07) is 88.6. The Labute approximate surface area is 415 Å². The topological polar surface area (TPSA) is 83.2 Å². The van der Waals surface area contributed by atoms with Crippen LogP contribution in [-0.2, 0) is 0 Å². The molecule has 334 valence electrons. The van der Waals surface area contributed by atoms with Gasteiger partial charge < -0.3 is 9.13 Å². The van der Waals surface area contributed by atoms with Gasteiger partial charge in [-0.2, -0.15) is 10.5 Å². The monoisotopic (exact) mass is 916 g/mol. The summed E-state index contributed by atoms with van der Waals surface area (Å²) in [5, 5.41) is 24.5. The molecule has 72 heavy (non-hydrogen) atoms. The highest BCUT2D eigenvalue weighted by Gasteiger charge is 2.21. The molecule has 0 saturated heterocycles. The highest BCUT2D eigenvalue weighted by Crippen LogP contribution is 2.42. The van der Waals surface area contributed by atoms with E-state index < -0.39 is 0 Å². The van der Waals surface area contributed by atoms with Gasteiger partial charge in [0, 0.05) is 49.5 Å². The molecule has 0 radical (unpaired) electrons. The minimum absolute atomic E-state index is 0.623. The van der Waals surface area contributed by atoms with Crippen LogP contribution in [-0.4, -0.2) is 19.1 Å². The molecule has 0 N–H and O–H groups in total. The van der Waals surface area contributed by atoms with E-state index in [0.29, 0.717) is 17.0 Å². The fourth-order valence-electron chi connectivity index (χ4n) is 10.5. The second kappa shape index (κ2) is 17.4. The Morgan fingerprint density at radius 3 is 1.35 bits per heavy atom. The molecular formula is C66H40N6. The zero-order valence-electron chi connectivity index (χ0n) is 38.8. The smallest absolute Gasteiger partial charge is 0.160 e. The van der Waals surface area contributed by atoms with Crippen molar-refractivity contribution in [2.75, 3.05) is 0 Å². The number of nitrogens with zero attached hydrogens (tertiary/aromatic N) is 6. The van der Waals surface area contributed by atoms with E-state index in [1.807, 2.05) is 84.9 Å². The number of nitriles is 2. The van der Waals surface area contributed by atoms with Gasteiger partial charge in [0.1, 0.15) is 0 Å². The Morgan fingerprint density at radius 1 is 0.306 bits per heavy atom. The van der Waals surface area contributed by atoms with E-state index in [1.165, 1.54) is 0 Å². The molecule has 3 heterocycles. The van der Waals surface area contributed by atoms with E-state index in [4.69, 9.17) is 9.97 Å². The van der Waals surface area contributed by atoms with Crippen molar-refractivity contribution >= 4 is 43.6 Å². The Hall–Kier alpha value is -10.1. The molecule has 13 rings (SSSR count). The van der Waals surface area contributed by atoms with Gasteiger partial charge in [-0.1, -0.05) is 158 Å². The normalized spacial score (nSPS) is 11.3. The highest BCUT2D eigenvalue weighted by molar-refractivity contribution is 6.12. The van der Waals surface area contributed by atoms with E-state index in [2.05, 4.69) is 179 Å². The predicted octanol–water partition coefficient (Wildman–Crippen LogP) is 16.4. The van der Waals surface area contributed by atoms with Gasteiger partial charge in [-0.25, -0.2) is 9.97 Å². The summed E-state index contributed by atoms with van der Waals surface area (Å²) in [5.41, 5.74) is 18.0. The first kappa shape index (κ1) is 42.0. The van der Waals surface area contributed by atoms with Gasteiger partial charge >= 0.3 is 0 Å². The van der Waals surface area contributed by atoms with E-state index in [-0.39, 0.29) is 0 Å². The first-order valence-corrected chi connectivity index (χ1v) is 23.9. The van der Waals surface area contributed by atoms with Crippen molar-refractivity contribution < 1.29 is 0 Å². The summed E-state index contributed by atoms with van der Waals surface area (Å²) in [4.78, 5) is 10.6. The molecule has 0 aliphatic carbocycles. The lowest BCUT2D eigenvalue weighted by Crippen LogP contribution is -2.01. The first-order valence-electron chi connectivity index (χ1n) is 23.9. The molecule has 6 nitrogen and oxygen atoms in total. The predicted molar refractivity (Wildman–Crippen MR) is 293 cm³/mol. The van der Waals surface area contributed by atoms with Gasteiger partial charge in [0.25, 0.3) is 0 Å². The van der Waals surface area contributed by atoms with Gasteiger partial charge in [-0.3, -0.25) is 0 Å². The number of para-hydroxylation sites is 2. The molecule has 0 aliphatic rings. The molecular weight excluding hydrogens is 877 g/mol. The van der Waals surface area contributed by atoms with Crippen molar-refractivity contribution in [1.82, 2.24) is 19.1 Å². The molecule has 0 fully saturated rings. The second-order valence-electron chi connectivity index (χ2n) is 18.0. The van der Waals surface area contributed by atoms with Crippen LogP contribution in [0.2, 0.25) is 0 Å². The molecule has 10 aromatic carbocycles. The van der Waals surface area contributed by atoms with Gasteiger partial charge in [-0.05, 0) is 113 Å². The quantitative estimate of drug-likeness (QED) is 0.152. The van der Waals surface area contributed by atoms with Crippen LogP contribution in [0.4, 0.5) is 0 Å². The van der Waals surface area contributed by atoms with Gasteiger partial charge in [0.2, 0.25) is 0 Å². The zero-order valence-corrected chi connectivity index (χ0v) is 38.8. The lowest BCUT2D eigenvalue weighted by atomic mass is 9.98. The van der Waals surface area contributed by atoms with E-state index in [1.54, 1.807) is 0 Å². The van der Waals surface area contributed by atoms with Crippen LogP contribution in [0.25, 0.3) is 122 Å². The summed E-state index contributed by atoms with van der Waals surface area (Å²) in [7, 11) is 0. The van der Waals surface area contributed by atoms with Crippen LogP contribution < -0.4 is 0 Å². The number of rotatable bonds is 8. The van der Waals surface area contributed by atoms with Crippen molar-refractivity contribution in [3.05, 3.63) is 254 Å². The zero-order chi connectivity index (χ0) is 48.1. The molecule has 0 atom stereocenters. The molecule has 13 aromatic rings. The molecule has 6 heteroatoms. The molecule has 0 unspecified atom stereocenters. The van der Waals surface area contributed by atoms with E-state index >= 15 is 0 Å². The molecule has 3 aromatic heterocycles. The Morgan fingerprint density at radius 2 is 0.764 bits per heavy atom. The molecule has 0 amide bonds. The van der Waals surface area contributed by atoms with Gasteiger partial charge in [-0.15, -0.1) is 0 Å². The Balaban J connectivity index is 1.05. The average molecular weight is 917 g/mol. The third kappa shape index (κ3) is 7.10. The third-order valence-electron chi connectivity index (χ3n) is 13.8. The fourth-order valence-corrected chi connectivity index (χ4v) is 10.5. The standard InChI is InChI=1S/C66H40N6/c67-41-49-20-7-9-24-52(49)46-30-33-64-57(37-46)54-26-11-13-28-61(54)71(64)51-23-15-22-45(36-51)56-39-48(66-69-59(43-16-3-1-4-17-43)40-60(70-66)44-18-5-2-6-19-44)32-35-63(56)72-62-29-14-12-27-55(62)58-38-47(31-34-65(58)72)53-25-10-8-21-50(53)42-68/h1-40H. The van der Waals surface area contributed by atoms with Crippen molar-refractivity contribution in [2.45, 2.75) is 0 Å². The van der Waals surface area contributed by atoms with Crippen molar-refractivity contribution in [2.24, 2.45) is 0 Å². The average Bonchev–Trinajstić information content (AvgIpc) is 3.97. The minimum atomic E-state index is 0.623. The lowest BCUT2D eigenvalue weighted by Gasteiger charge is -2.18. The van der Waals surface area contributed by atoms with Crippen molar-refractivity contribution in [3.8, 4) is 90.8 Å². The maximum absolute atomic E-state index is 10.1. The Bertz CT molecular complexity index is 4300. The van der Waals surface area contributed by atoms with Crippen molar-refractivity contribution in [1.29, 1.82) is 10.5 Å². The highest BCUT2D eigenvalue weighted by atomic mass is 15.0. The molecule has 0 aliphatic heterocycles. The van der Waals surface area contributed by atoms with E-state index in [9.17, 15) is 10.5 Å². The molecule has 0 saturated carbocycles. The van der Waals surface area contributed by atoms with Crippen LogP contribution in [0.15, 0.2) is 243 Å². The van der Waals surface area contributed by atoms with Crippen LogP contribution in [0.3, 0.4) is 0 Å². The van der Waals surface area contributed by atoms with E-state index in [0.717, 1.165) is 116 Å². The number of benzene rings is 10. The molecule has 0 bridgehead atoms. The molecule has 0 spiro atoms. The summed E-state index contributed by atoms with van der Waals surface area (Å²) in [5.74, 6) is 0.623. The summed E-state index contributed by atoms with van der Waals surface area (Å²) in [6.07, 6.45) is 0. The minimum Gasteiger partial charge on any atom is -0.309 e. The first-order chi connectivity index (χ1) is 35.6. The number of aromatic nitrogens is 4. The maximum Gasteiger partial charge on any atom is 0.160 e. The number of hydrogen-bond acceptors (Lipinski definition) is 4. The largest absolute Gasteiger partial charge is 0.309 e. The van der Waals surface area contributed by atoms with Crippen LogP contribution >= 0.6 is 0 Å². The van der Waals surface area contributed by atoms with Crippen LogP contribution in [0.5, 0.6) is 0 Å². The number of fused-ring (bicyclic) bond motifs is 6. The van der Waals surface area contributed by atoms with Crippen LogP contribution in [0.1, 0.15) is 11.1 Å². The second-order valence-corrected chi connectivity index (χ2v) is 18.0. The SMILES string of the molecule is N#Cc1ccccc1-c1ccc2c(c1)c1ccccc1n2-c1cccc(-c2cc(-c3nc(-c4ccccc4)cc(-c4ccccc4)n3)ccc2-n2c3ccccc3c3cc(-c4ccccc4C#N)ccc32)c1. The third-order valence-corrected chi connectivity index (χ3v) is 13.8. The lowest BCUT2D eigenvalue weighted by molar-refractivity contribution is 1.16. The fraction of sp³-hybridized carbons (Fsp3) is 0. The Kier molecular flexibility index (Phi) is 10.2. The van der Waals surface area contributed by atoms with Gasteiger partial charge in [0.15, 0.2) is 5.82 Å². The maximum atomic E-state index is 10.1. The van der Waals surface area contributed by atoms with Crippen molar-refractivity contribution in [3.63, 3.8) is 0 Å². The summed E-state index contributed by atoms with van der Waals surface area (Å²) >= 11 is 0.